The zero-order chi connectivity index (χ0) is 19.8. The molecule has 2 rings (SSSR count). The number of likely N-dealkylation sites (N-methyl/N-ethyl adjacent to an activating group) is 1. The largest absolute Gasteiger partial charge is 0.346 e. The first-order valence-electron chi connectivity index (χ1n) is 9.55. The number of hydrogen-bond acceptors (Lipinski definition) is 5. The second-order valence-electron chi connectivity index (χ2n) is 6.88. The Morgan fingerprint density at radius 2 is 2.00 bits per heavy atom. The lowest BCUT2D eigenvalue weighted by Crippen LogP contribution is -2.44. The van der Waals surface area contributed by atoms with Crippen LogP contribution in [-0.4, -0.2) is 70.2 Å². The summed E-state index contributed by atoms with van der Waals surface area (Å²) in [6.07, 6.45) is 6.73. The van der Waals surface area contributed by atoms with Crippen LogP contribution >= 0.6 is 0 Å². The first kappa shape index (κ1) is 20.8. The van der Waals surface area contributed by atoms with Gasteiger partial charge in [-0.1, -0.05) is 6.42 Å². The second kappa shape index (κ2) is 9.99. The van der Waals surface area contributed by atoms with Gasteiger partial charge in [0.1, 0.15) is 5.69 Å². The van der Waals surface area contributed by atoms with Crippen molar-refractivity contribution in [3.05, 3.63) is 24.3 Å². The van der Waals surface area contributed by atoms with Gasteiger partial charge in [0.2, 0.25) is 11.8 Å². The van der Waals surface area contributed by atoms with Gasteiger partial charge >= 0.3 is 0 Å². The highest BCUT2D eigenvalue weighted by Crippen LogP contribution is 2.21. The summed E-state index contributed by atoms with van der Waals surface area (Å²) in [5.41, 5.74) is 0.251. The molecular formula is C19H29N5O3. The van der Waals surface area contributed by atoms with Gasteiger partial charge in [0.25, 0.3) is 5.91 Å². The monoisotopic (exact) mass is 375 g/mol. The summed E-state index contributed by atoms with van der Waals surface area (Å²) in [6, 6.07) is -0.184. The van der Waals surface area contributed by atoms with Crippen LogP contribution < -0.4 is 5.32 Å². The Balaban J connectivity index is 2.04. The summed E-state index contributed by atoms with van der Waals surface area (Å²) in [7, 11) is 1.72. The third kappa shape index (κ3) is 5.74. The van der Waals surface area contributed by atoms with E-state index in [-0.39, 0.29) is 41.8 Å². The first-order valence-corrected chi connectivity index (χ1v) is 9.55. The average Bonchev–Trinajstić information content (AvgIpc) is 2.74. The molecule has 3 amide bonds. The molecule has 2 heterocycles. The van der Waals surface area contributed by atoms with E-state index in [0.29, 0.717) is 32.5 Å². The van der Waals surface area contributed by atoms with Crippen LogP contribution in [0.1, 0.15) is 50.0 Å². The molecular weight excluding hydrogens is 346 g/mol. The smallest absolute Gasteiger partial charge is 0.271 e. The zero-order valence-electron chi connectivity index (χ0n) is 16.4. The number of aromatic nitrogens is 2. The van der Waals surface area contributed by atoms with E-state index < -0.39 is 0 Å². The van der Waals surface area contributed by atoms with Crippen molar-refractivity contribution in [3.8, 4) is 0 Å². The Labute approximate surface area is 160 Å². The van der Waals surface area contributed by atoms with Gasteiger partial charge in [0.15, 0.2) is 0 Å². The van der Waals surface area contributed by atoms with Crippen LogP contribution in [0.15, 0.2) is 18.6 Å². The molecule has 0 saturated carbocycles. The number of carbonyl (C=O) groups is 3. The minimum absolute atomic E-state index is 0.0452. The summed E-state index contributed by atoms with van der Waals surface area (Å²) in [5, 5.41) is 2.94. The van der Waals surface area contributed by atoms with E-state index in [2.05, 4.69) is 15.3 Å². The Morgan fingerprint density at radius 3 is 2.63 bits per heavy atom. The van der Waals surface area contributed by atoms with Crippen LogP contribution in [0, 0.1) is 5.92 Å². The lowest BCUT2D eigenvalue weighted by atomic mass is 9.95. The van der Waals surface area contributed by atoms with Gasteiger partial charge in [-0.05, 0) is 26.7 Å². The summed E-state index contributed by atoms with van der Waals surface area (Å²) in [4.78, 5) is 48.9. The van der Waals surface area contributed by atoms with E-state index in [0.717, 1.165) is 6.42 Å². The van der Waals surface area contributed by atoms with Crippen molar-refractivity contribution in [3.63, 3.8) is 0 Å². The van der Waals surface area contributed by atoms with Gasteiger partial charge in [0.05, 0.1) is 6.20 Å². The molecule has 1 aliphatic rings. The standard InChI is InChI=1S/C19H29N5O3/c1-4-24(5-2)19(27)14-7-6-8-15(13-23(3)17(25)11-14)22-18(26)16-12-20-9-10-21-16/h9-10,12,14-15H,4-8,11,13H2,1-3H3,(H,22,26). The molecule has 0 bridgehead atoms. The molecule has 1 aromatic heterocycles. The second-order valence-corrected chi connectivity index (χ2v) is 6.88. The van der Waals surface area contributed by atoms with Crippen LogP contribution in [-0.2, 0) is 9.59 Å². The van der Waals surface area contributed by atoms with Gasteiger partial charge in [0, 0.05) is 57.5 Å². The average molecular weight is 375 g/mol. The summed E-state index contributed by atoms with van der Waals surface area (Å²) in [6.45, 7) is 5.60. The van der Waals surface area contributed by atoms with Crippen molar-refractivity contribution in [1.29, 1.82) is 0 Å². The third-order valence-electron chi connectivity index (χ3n) is 5.00. The van der Waals surface area contributed by atoms with Gasteiger partial charge in [-0.15, -0.1) is 0 Å². The van der Waals surface area contributed by atoms with Crippen molar-refractivity contribution in [1.82, 2.24) is 25.1 Å². The molecule has 1 fully saturated rings. The Bertz CT molecular complexity index is 648. The highest BCUT2D eigenvalue weighted by Gasteiger charge is 2.29. The van der Waals surface area contributed by atoms with E-state index in [1.54, 1.807) is 16.8 Å². The van der Waals surface area contributed by atoms with E-state index >= 15 is 0 Å². The van der Waals surface area contributed by atoms with Crippen LogP contribution in [0.5, 0.6) is 0 Å². The van der Waals surface area contributed by atoms with Gasteiger partial charge in [-0.3, -0.25) is 19.4 Å². The van der Waals surface area contributed by atoms with E-state index in [1.165, 1.54) is 18.6 Å². The molecule has 1 aromatic rings. The fraction of sp³-hybridized carbons (Fsp3) is 0.632. The van der Waals surface area contributed by atoms with E-state index in [4.69, 9.17) is 0 Å². The lowest BCUT2D eigenvalue weighted by molar-refractivity contribution is -0.140. The van der Waals surface area contributed by atoms with E-state index in [9.17, 15) is 14.4 Å². The zero-order valence-corrected chi connectivity index (χ0v) is 16.4. The number of carbonyl (C=O) groups excluding carboxylic acids is 3. The van der Waals surface area contributed by atoms with Crippen molar-refractivity contribution in [2.24, 2.45) is 5.92 Å². The normalized spacial score (nSPS) is 21.0. The van der Waals surface area contributed by atoms with Gasteiger partial charge < -0.3 is 15.1 Å². The minimum Gasteiger partial charge on any atom is -0.346 e. The summed E-state index contributed by atoms with van der Waals surface area (Å²) < 4.78 is 0. The number of rotatable bonds is 5. The Kier molecular flexibility index (Phi) is 7.69. The van der Waals surface area contributed by atoms with Crippen molar-refractivity contribution in [2.45, 2.75) is 45.6 Å². The quantitative estimate of drug-likeness (QED) is 0.831. The Hall–Kier alpha value is -2.51. The fourth-order valence-electron chi connectivity index (χ4n) is 3.40. The fourth-order valence-corrected chi connectivity index (χ4v) is 3.40. The predicted octanol–water partition coefficient (Wildman–Crippen LogP) is 1.09. The summed E-state index contributed by atoms with van der Waals surface area (Å²) in [5.74, 6) is -0.622. The number of nitrogens with one attached hydrogen (secondary N) is 1. The molecule has 1 aliphatic heterocycles. The van der Waals surface area contributed by atoms with Gasteiger partial charge in [-0.25, -0.2) is 4.98 Å². The molecule has 8 nitrogen and oxygen atoms in total. The van der Waals surface area contributed by atoms with Crippen molar-refractivity contribution >= 4 is 17.7 Å². The van der Waals surface area contributed by atoms with Crippen LogP contribution in [0.3, 0.4) is 0 Å². The van der Waals surface area contributed by atoms with Crippen molar-refractivity contribution < 1.29 is 14.4 Å². The highest BCUT2D eigenvalue weighted by atomic mass is 16.2. The number of nitrogens with zero attached hydrogens (tertiary/aromatic N) is 4. The predicted molar refractivity (Wildman–Crippen MR) is 101 cm³/mol. The molecule has 148 valence electrons. The highest BCUT2D eigenvalue weighted by molar-refractivity contribution is 5.92. The van der Waals surface area contributed by atoms with Crippen LogP contribution in [0.2, 0.25) is 0 Å². The first-order chi connectivity index (χ1) is 13.0. The number of hydrogen-bond donors (Lipinski definition) is 1. The minimum atomic E-state index is -0.302. The van der Waals surface area contributed by atoms with Crippen molar-refractivity contribution in [2.75, 3.05) is 26.7 Å². The molecule has 0 aliphatic carbocycles. The molecule has 0 spiro atoms. The van der Waals surface area contributed by atoms with Crippen LogP contribution in [0.25, 0.3) is 0 Å². The molecule has 27 heavy (non-hydrogen) atoms. The molecule has 2 atom stereocenters. The molecule has 8 heteroatoms. The maximum atomic E-state index is 12.7. The number of amides is 3. The maximum absolute atomic E-state index is 12.7. The molecule has 1 saturated heterocycles. The molecule has 1 N–H and O–H groups in total. The molecule has 2 unspecified atom stereocenters. The Morgan fingerprint density at radius 1 is 1.26 bits per heavy atom. The maximum Gasteiger partial charge on any atom is 0.271 e. The molecule has 0 aromatic carbocycles. The van der Waals surface area contributed by atoms with Crippen LogP contribution in [0.4, 0.5) is 0 Å². The van der Waals surface area contributed by atoms with Gasteiger partial charge in [-0.2, -0.15) is 0 Å². The topological polar surface area (TPSA) is 95.5 Å². The third-order valence-corrected chi connectivity index (χ3v) is 5.00. The van der Waals surface area contributed by atoms with E-state index in [1.807, 2.05) is 13.8 Å². The molecule has 0 radical (unpaired) electrons. The SMILES string of the molecule is CCN(CC)C(=O)C1CCCC(NC(=O)c2cnccn2)CN(C)C(=O)C1. The lowest BCUT2D eigenvalue weighted by Gasteiger charge is -2.26. The summed E-state index contributed by atoms with van der Waals surface area (Å²) >= 11 is 0.